The molecule has 0 aliphatic carbocycles. The Kier molecular flexibility index (Phi) is 4.77. The third kappa shape index (κ3) is 3.78. The number of nitrogens with zero attached hydrogens (tertiary/aromatic N) is 1. The second-order valence-corrected chi connectivity index (χ2v) is 7.04. The highest BCUT2D eigenvalue weighted by atomic mass is 32.1. The molecule has 0 unspecified atom stereocenters. The lowest BCUT2D eigenvalue weighted by atomic mass is 10.0. The van der Waals surface area contributed by atoms with E-state index in [0.717, 1.165) is 15.2 Å². The molecule has 0 fully saturated rings. The molecule has 3 aromatic carbocycles. The highest BCUT2D eigenvalue weighted by molar-refractivity contribution is 7.18. The van der Waals surface area contributed by atoms with Gasteiger partial charge in [-0.1, -0.05) is 54.6 Å². The van der Waals surface area contributed by atoms with E-state index in [2.05, 4.69) is 4.98 Å². The monoisotopic (exact) mass is 373 g/mol. The number of carbonyl (C=O) groups excluding carboxylic acids is 2. The molecule has 0 N–H and O–H groups in total. The van der Waals surface area contributed by atoms with Crippen molar-refractivity contribution in [1.82, 2.24) is 4.98 Å². The Morgan fingerprint density at radius 3 is 2.15 bits per heavy atom. The number of hydrogen-bond acceptors (Lipinski definition) is 5. The van der Waals surface area contributed by atoms with Crippen molar-refractivity contribution in [3.05, 3.63) is 101 Å². The molecule has 0 saturated heterocycles. The molecule has 0 saturated carbocycles. The number of aromatic nitrogens is 1. The molecule has 132 valence electrons. The maximum atomic E-state index is 12.4. The van der Waals surface area contributed by atoms with Crippen LogP contribution >= 0.6 is 11.3 Å². The summed E-state index contributed by atoms with van der Waals surface area (Å²) in [5.41, 5.74) is 2.45. The fourth-order valence-electron chi connectivity index (χ4n) is 2.71. The molecule has 5 heteroatoms. The number of thiazole rings is 1. The van der Waals surface area contributed by atoms with Crippen molar-refractivity contribution in [2.75, 3.05) is 0 Å². The van der Waals surface area contributed by atoms with Crippen molar-refractivity contribution in [2.45, 2.75) is 6.61 Å². The number of rotatable bonds is 5. The maximum Gasteiger partial charge on any atom is 0.338 e. The molecule has 27 heavy (non-hydrogen) atoms. The Labute approximate surface area is 160 Å². The van der Waals surface area contributed by atoms with Crippen molar-refractivity contribution in [3.63, 3.8) is 0 Å². The minimum atomic E-state index is -0.437. The SMILES string of the molecule is O=C(OCc1nc2ccccc2s1)c1ccc(C(=O)c2ccccc2)cc1. The Morgan fingerprint density at radius 1 is 0.778 bits per heavy atom. The van der Waals surface area contributed by atoms with Gasteiger partial charge in [-0.15, -0.1) is 11.3 Å². The summed E-state index contributed by atoms with van der Waals surface area (Å²) in [4.78, 5) is 29.1. The van der Waals surface area contributed by atoms with E-state index in [4.69, 9.17) is 4.74 Å². The van der Waals surface area contributed by atoms with E-state index in [1.165, 1.54) is 11.3 Å². The van der Waals surface area contributed by atoms with Crippen molar-refractivity contribution < 1.29 is 14.3 Å². The molecule has 1 heterocycles. The zero-order valence-electron chi connectivity index (χ0n) is 14.3. The van der Waals surface area contributed by atoms with E-state index in [0.29, 0.717) is 16.7 Å². The minimum Gasteiger partial charge on any atom is -0.455 e. The fourth-order valence-corrected chi connectivity index (χ4v) is 3.59. The van der Waals surface area contributed by atoms with Crippen LogP contribution in [0.15, 0.2) is 78.9 Å². The maximum absolute atomic E-state index is 12.4. The third-order valence-corrected chi connectivity index (χ3v) is 5.09. The van der Waals surface area contributed by atoms with Gasteiger partial charge in [-0.2, -0.15) is 0 Å². The van der Waals surface area contributed by atoms with Crippen molar-refractivity contribution in [1.29, 1.82) is 0 Å². The molecular formula is C22H15NO3S. The zero-order chi connectivity index (χ0) is 18.6. The number of fused-ring (bicyclic) bond motifs is 1. The van der Waals surface area contributed by atoms with Crippen molar-refractivity contribution in [2.24, 2.45) is 0 Å². The first-order valence-corrected chi connectivity index (χ1v) is 9.24. The predicted molar refractivity (Wildman–Crippen MR) is 105 cm³/mol. The Balaban J connectivity index is 1.42. The average molecular weight is 373 g/mol. The number of ketones is 1. The molecule has 0 aliphatic heterocycles. The molecule has 0 spiro atoms. The Morgan fingerprint density at radius 2 is 1.41 bits per heavy atom. The number of carbonyl (C=O) groups is 2. The average Bonchev–Trinajstić information content (AvgIpc) is 3.15. The summed E-state index contributed by atoms with van der Waals surface area (Å²) in [5.74, 6) is -0.516. The van der Waals surface area contributed by atoms with Crippen LogP contribution < -0.4 is 0 Å². The van der Waals surface area contributed by atoms with E-state index in [-0.39, 0.29) is 12.4 Å². The lowest BCUT2D eigenvalue weighted by Gasteiger charge is -2.04. The number of para-hydroxylation sites is 1. The van der Waals surface area contributed by atoms with Gasteiger partial charge < -0.3 is 4.74 Å². The standard InChI is InChI=1S/C22H15NO3S/c24-21(15-6-2-1-3-7-15)16-10-12-17(13-11-16)22(25)26-14-20-23-18-8-4-5-9-19(18)27-20/h1-13H,14H2. The van der Waals surface area contributed by atoms with E-state index >= 15 is 0 Å². The fraction of sp³-hybridized carbons (Fsp3) is 0.0455. The molecule has 4 aromatic rings. The van der Waals surface area contributed by atoms with Crippen LogP contribution in [0.1, 0.15) is 31.3 Å². The summed E-state index contributed by atoms with van der Waals surface area (Å²) in [6, 6.07) is 23.3. The molecule has 1 aromatic heterocycles. The van der Waals surface area contributed by atoms with Crippen LogP contribution in [0.3, 0.4) is 0 Å². The summed E-state index contributed by atoms with van der Waals surface area (Å²) in [6.07, 6.45) is 0. The second-order valence-electron chi connectivity index (χ2n) is 5.92. The second kappa shape index (κ2) is 7.51. The van der Waals surface area contributed by atoms with Crippen LogP contribution in [0.2, 0.25) is 0 Å². The van der Waals surface area contributed by atoms with Gasteiger partial charge in [0.2, 0.25) is 0 Å². The van der Waals surface area contributed by atoms with Crippen LogP contribution in [0.4, 0.5) is 0 Å². The molecule has 0 aliphatic rings. The van der Waals surface area contributed by atoms with E-state index in [1.807, 2.05) is 42.5 Å². The Hall–Kier alpha value is -3.31. The number of hydrogen-bond donors (Lipinski definition) is 0. The summed E-state index contributed by atoms with van der Waals surface area (Å²) in [6.45, 7) is 0.128. The first kappa shape index (κ1) is 17.1. The van der Waals surface area contributed by atoms with Gasteiger partial charge in [0, 0.05) is 11.1 Å². The van der Waals surface area contributed by atoms with Crippen LogP contribution in [-0.2, 0) is 11.3 Å². The van der Waals surface area contributed by atoms with Crippen LogP contribution in [0, 0.1) is 0 Å². The first-order chi connectivity index (χ1) is 13.2. The van der Waals surface area contributed by atoms with E-state index in [1.54, 1.807) is 36.4 Å². The summed E-state index contributed by atoms with van der Waals surface area (Å²) in [5, 5.41) is 0.750. The van der Waals surface area contributed by atoms with E-state index < -0.39 is 5.97 Å². The Bertz CT molecular complexity index is 1070. The largest absolute Gasteiger partial charge is 0.455 e. The highest BCUT2D eigenvalue weighted by Gasteiger charge is 2.12. The molecular weight excluding hydrogens is 358 g/mol. The molecule has 4 rings (SSSR count). The lowest BCUT2D eigenvalue weighted by Crippen LogP contribution is -2.06. The van der Waals surface area contributed by atoms with Gasteiger partial charge in [0.15, 0.2) is 5.78 Å². The van der Waals surface area contributed by atoms with Gasteiger partial charge >= 0.3 is 5.97 Å². The van der Waals surface area contributed by atoms with Gasteiger partial charge in [0.1, 0.15) is 11.6 Å². The smallest absolute Gasteiger partial charge is 0.338 e. The van der Waals surface area contributed by atoms with Gasteiger partial charge in [-0.05, 0) is 24.3 Å². The predicted octanol–water partition coefficient (Wildman–Crippen LogP) is 4.88. The van der Waals surface area contributed by atoms with Crippen molar-refractivity contribution in [3.8, 4) is 0 Å². The van der Waals surface area contributed by atoms with Gasteiger partial charge in [-0.3, -0.25) is 4.79 Å². The van der Waals surface area contributed by atoms with Crippen LogP contribution in [0.25, 0.3) is 10.2 Å². The normalized spacial score (nSPS) is 10.7. The topological polar surface area (TPSA) is 56.3 Å². The van der Waals surface area contributed by atoms with Crippen molar-refractivity contribution >= 4 is 33.3 Å². The minimum absolute atomic E-state index is 0.0787. The number of ether oxygens (including phenoxy) is 1. The zero-order valence-corrected chi connectivity index (χ0v) is 15.1. The summed E-state index contributed by atoms with van der Waals surface area (Å²) in [7, 11) is 0. The third-order valence-electron chi connectivity index (χ3n) is 4.08. The van der Waals surface area contributed by atoms with Crippen LogP contribution in [-0.4, -0.2) is 16.7 Å². The number of benzene rings is 3. The molecule has 0 bridgehead atoms. The molecule has 0 radical (unpaired) electrons. The lowest BCUT2D eigenvalue weighted by molar-refractivity contribution is 0.0472. The van der Waals surface area contributed by atoms with E-state index in [9.17, 15) is 9.59 Å². The number of esters is 1. The quantitative estimate of drug-likeness (QED) is 0.369. The molecule has 0 atom stereocenters. The van der Waals surface area contributed by atoms with Gasteiger partial charge in [0.05, 0.1) is 15.8 Å². The summed E-state index contributed by atoms with van der Waals surface area (Å²) >= 11 is 1.51. The first-order valence-electron chi connectivity index (χ1n) is 8.42. The molecule has 4 nitrogen and oxygen atoms in total. The summed E-state index contributed by atoms with van der Waals surface area (Å²) < 4.78 is 6.42. The molecule has 0 amide bonds. The van der Waals surface area contributed by atoms with Gasteiger partial charge in [0.25, 0.3) is 0 Å². The van der Waals surface area contributed by atoms with Gasteiger partial charge in [-0.25, -0.2) is 9.78 Å². The highest BCUT2D eigenvalue weighted by Crippen LogP contribution is 2.22. The van der Waals surface area contributed by atoms with Crippen LogP contribution in [0.5, 0.6) is 0 Å².